The zero-order valence-corrected chi connectivity index (χ0v) is 15.8. The van der Waals surface area contributed by atoms with Gasteiger partial charge in [-0.15, -0.1) is 0 Å². The predicted molar refractivity (Wildman–Crippen MR) is 104 cm³/mol. The first-order valence-corrected chi connectivity index (χ1v) is 9.21. The quantitative estimate of drug-likeness (QED) is 0.685. The molecule has 0 saturated carbocycles. The molecule has 2 aromatic heterocycles. The van der Waals surface area contributed by atoms with Crippen LogP contribution in [0.15, 0.2) is 48.8 Å². The second-order valence-corrected chi connectivity index (χ2v) is 6.80. The summed E-state index contributed by atoms with van der Waals surface area (Å²) >= 11 is 6.31. The number of carbonyl (C=O) groups excluding carboxylic acids is 1. The van der Waals surface area contributed by atoms with Crippen LogP contribution in [0.25, 0.3) is 5.82 Å². The molecular weight excluding hydrogens is 364 g/mol. The lowest BCUT2D eigenvalue weighted by Crippen LogP contribution is -2.43. The van der Waals surface area contributed by atoms with Crippen molar-refractivity contribution in [1.29, 1.82) is 0 Å². The van der Waals surface area contributed by atoms with Crippen molar-refractivity contribution in [1.82, 2.24) is 14.8 Å². The highest BCUT2D eigenvalue weighted by atomic mass is 35.5. The molecule has 0 fully saturated rings. The SMILES string of the molecule is CC[C@H]1CN(C(=O)c2cnn(-c3ccccn3)c2C)c2cccc(Cl)c2O1. The van der Waals surface area contributed by atoms with E-state index in [4.69, 9.17) is 16.3 Å². The first-order valence-electron chi connectivity index (χ1n) is 8.83. The van der Waals surface area contributed by atoms with Gasteiger partial charge in [0.05, 0.1) is 34.7 Å². The van der Waals surface area contributed by atoms with Crippen LogP contribution in [0, 0.1) is 6.92 Å². The lowest BCUT2D eigenvalue weighted by molar-refractivity contribution is 0.0954. The molecule has 0 bridgehead atoms. The highest BCUT2D eigenvalue weighted by molar-refractivity contribution is 6.32. The Morgan fingerprint density at radius 2 is 2.15 bits per heavy atom. The van der Waals surface area contributed by atoms with Crippen LogP contribution in [0.3, 0.4) is 0 Å². The summed E-state index contributed by atoms with van der Waals surface area (Å²) in [6, 6.07) is 11.0. The Bertz CT molecular complexity index is 987. The molecule has 0 unspecified atom stereocenters. The van der Waals surface area contributed by atoms with Gasteiger partial charge in [0.25, 0.3) is 5.91 Å². The summed E-state index contributed by atoms with van der Waals surface area (Å²) < 4.78 is 7.65. The van der Waals surface area contributed by atoms with Crippen molar-refractivity contribution in [2.45, 2.75) is 26.4 Å². The molecule has 1 aliphatic rings. The number of hydrogen-bond acceptors (Lipinski definition) is 4. The van der Waals surface area contributed by atoms with E-state index >= 15 is 0 Å². The van der Waals surface area contributed by atoms with Crippen LogP contribution < -0.4 is 9.64 Å². The minimum absolute atomic E-state index is 0.104. The molecule has 0 N–H and O–H groups in total. The average molecular weight is 383 g/mol. The molecule has 27 heavy (non-hydrogen) atoms. The number of benzene rings is 1. The van der Waals surface area contributed by atoms with E-state index < -0.39 is 0 Å². The average Bonchev–Trinajstić information content (AvgIpc) is 3.09. The molecule has 7 heteroatoms. The van der Waals surface area contributed by atoms with Gasteiger partial charge in [0, 0.05) is 6.20 Å². The molecule has 0 radical (unpaired) electrons. The van der Waals surface area contributed by atoms with Gasteiger partial charge in [-0.25, -0.2) is 9.67 Å². The molecule has 6 nitrogen and oxygen atoms in total. The molecule has 1 atom stereocenters. The van der Waals surface area contributed by atoms with Gasteiger partial charge >= 0.3 is 0 Å². The maximum Gasteiger partial charge on any atom is 0.261 e. The number of halogens is 1. The van der Waals surface area contributed by atoms with Gasteiger partial charge in [-0.05, 0) is 37.6 Å². The molecular formula is C20H19ClN4O2. The lowest BCUT2D eigenvalue weighted by atomic mass is 10.1. The second-order valence-electron chi connectivity index (χ2n) is 6.40. The Kier molecular flexibility index (Phi) is 4.58. The molecule has 1 aliphatic heterocycles. The molecule has 1 amide bonds. The molecule has 0 aliphatic carbocycles. The van der Waals surface area contributed by atoms with E-state index in [0.717, 1.165) is 12.1 Å². The highest BCUT2D eigenvalue weighted by Gasteiger charge is 2.32. The van der Waals surface area contributed by atoms with Crippen molar-refractivity contribution >= 4 is 23.2 Å². The van der Waals surface area contributed by atoms with Crippen molar-refractivity contribution in [2.75, 3.05) is 11.4 Å². The van der Waals surface area contributed by atoms with Crippen LogP contribution in [0.2, 0.25) is 5.02 Å². The third kappa shape index (κ3) is 3.06. The third-order valence-corrected chi connectivity index (χ3v) is 5.01. The van der Waals surface area contributed by atoms with Crippen LogP contribution in [-0.2, 0) is 0 Å². The van der Waals surface area contributed by atoms with Gasteiger partial charge < -0.3 is 9.64 Å². The molecule has 3 aromatic rings. The van der Waals surface area contributed by atoms with E-state index in [2.05, 4.69) is 10.1 Å². The van der Waals surface area contributed by atoms with Crippen molar-refractivity contribution in [3.05, 3.63) is 65.1 Å². The van der Waals surface area contributed by atoms with E-state index in [9.17, 15) is 4.79 Å². The van der Waals surface area contributed by atoms with E-state index in [1.54, 1.807) is 28.0 Å². The number of ether oxygens (including phenoxy) is 1. The Morgan fingerprint density at radius 1 is 1.30 bits per heavy atom. The van der Waals surface area contributed by atoms with E-state index in [0.29, 0.717) is 34.4 Å². The normalized spacial score (nSPS) is 16.0. The summed E-state index contributed by atoms with van der Waals surface area (Å²) in [5.74, 6) is 1.10. The van der Waals surface area contributed by atoms with Gasteiger partial charge in [0.2, 0.25) is 0 Å². The van der Waals surface area contributed by atoms with Crippen LogP contribution in [0.4, 0.5) is 5.69 Å². The third-order valence-electron chi connectivity index (χ3n) is 4.71. The van der Waals surface area contributed by atoms with Crippen molar-refractivity contribution in [3.63, 3.8) is 0 Å². The summed E-state index contributed by atoms with van der Waals surface area (Å²) in [5, 5.41) is 4.87. The number of pyridine rings is 1. The Labute approximate surface area is 162 Å². The van der Waals surface area contributed by atoms with Crippen LogP contribution >= 0.6 is 11.6 Å². The van der Waals surface area contributed by atoms with Crippen molar-refractivity contribution < 1.29 is 9.53 Å². The summed E-state index contributed by atoms with van der Waals surface area (Å²) in [6.45, 7) is 4.36. The molecule has 0 saturated heterocycles. The predicted octanol–water partition coefficient (Wildman–Crippen LogP) is 4.05. The zero-order valence-electron chi connectivity index (χ0n) is 15.1. The summed E-state index contributed by atoms with van der Waals surface area (Å²) in [4.78, 5) is 19.4. The first kappa shape index (κ1) is 17.5. The maximum absolute atomic E-state index is 13.4. The van der Waals surface area contributed by atoms with Gasteiger partial charge in [-0.2, -0.15) is 5.10 Å². The minimum atomic E-state index is -0.125. The first-order chi connectivity index (χ1) is 13.1. The summed E-state index contributed by atoms with van der Waals surface area (Å²) in [6.07, 6.45) is 3.96. The van der Waals surface area contributed by atoms with E-state index in [-0.39, 0.29) is 12.0 Å². The van der Waals surface area contributed by atoms with Crippen molar-refractivity contribution in [2.24, 2.45) is 0 Å². The van der Waals surface area contributed by atoms with Gasteiger partial charge in [-0.1, -0.05) is 30.7 Å². The van der Waals surface area contributed by atoms with Crippen molar-refractivity contribution in [3.8, 4) is 11.6 Å². The smallest absolute Gasteiger partial charge is 0.261 e. The number of para-hydroxylation sites is 1. The number of anilines is 1. The Hall–Kier alpha value is -2.86. The second kappa shape index (κ2) is 7.04. The van der Waals surface area contributed by atoms with E-state index in [1.807, 2.05) is 44.2 Å². The number of carbonyl (C=O) groups is 1. The van der Waals surface area contributed by atoms with Crippen LogP contribution in [0.1, 0.15) is 29.4 Å². The highest BCUT2D eigenvalue weighted by Crippen LogP contribution is 2.40. The summed E-state index contributed by atoms with van der Waals surface area (Å²) in [7, 11) is 0. The van der Waals surface area contributed by atoms with Crippen LogP contribution in [0.5, 0.6) is 5.75 Å². The standard InChI is InChI=1S/C20H19ClN4O2/c1-3-14-12-24(17-8-6-7-16(21)19(17)27-14)20(26)15-11-23-25(13(15)2)18-9-4-5-10-22-18/h4-11,14H,3,12H2,1-2H3/t14-/m0/s1. The van der Waals surface area contributed by atoms with Gasteiger partial charge in [-0.3, -0.25) is 4.79 Å². The molecule has 3 heterocycles. The van der Waals surface area contributed by atoms with Gasteiger partial charge in [0.15, 0.2) is 11.6 Å². The number of amides is 1. The van der Waals surface area contributed by atoms with Crippen LogP contribution in [-0.4, -0.2) is 33.3 Å². The topological polar surface area (TPSA) is 60.2 Å². The van der Waals surface area contributed by atoms with E-state index in [1.165, 1.54) is 0 Å². The number of hydrogen-bond donors (Lipinski definition) is 0. The molecule has 0 spiro atoms. The monoisotopic (exact) mass is 382 g/mol. The summed E-state index contributed by atoms with van der Waals surface area (Å²) in [5.41, 5.74) is 1.95. The largest absolute Gasteiger partial charge is 0.485 e. The minimum Gasteiger partial charge on any atom is -0.485 e. The maximum atomic E-state index is 13.4. The Balaban J connectivity index is 1.74. The number of aromatic nitrogens is 3. The van der Waals surface area contributed by atoms with Gasteiger partial charge in [0.1, 0.15) is 6.10 Å². The fraction of sp³-hybridized carbons (Fsp3) is 0.250. The lowest BCUT2D eigenvalue weighted by Gasteiger charge is -2.35. The number of rotatable bonds is 3. The number of fused-ring (bicyclic) bond motifs is 1. The molecule has 1 aromatic carbocycles. The Morgan fingerprint density at radius 3 is 2.89 bits per heavy atom. The molecule has 4 rings (SSSR count). The zero-order chi connectivity index (χ0) is 19.0. The number of nitrogens with zero attached hydrogens (tertiary/aromatic N) is 4. The molecule has 138 valence electrons. The fourth-order valence-corrected chi connectivity index (χ4v) is 3.43. The fourth-order valence-electron chi connectivity index (χ4n) is 3.21.